The van der Waals surface area contributed by atoms with Crippen molar-refractivity contribution in [3.63, 3.8) is 0 Å². The average molecular weight is 387 g/mol. The minimum atomic E-state index is 0.212. The zero-order valence-electron chi connectivity index (χ0n) is 18.0. The number of carbonyl (C=O) groups excluding carboxylic acids is 1. The second-order valence-corrected chi connectivity index (χ2v) is 8.61. The number of likely N-dealkylation sites (tertiary alicyclic amines) is 2. The molecule has 3 rings (SSSR count). The lowest BCUT2D eigenvalue weighted by Gasteiger charge is -2.41. The second kappa shape index (κ2) is 10.4. The van der Waals surface area contributed by atoms with Crippen molar-refractivity contribution in [3.05, 3.63) is 29.6 Å². The molecule has 5 nitrogen and oxygen atoms in total. The summed E-state index contributed by atoms with van der Waals surface area (Å²) in [5, 5.41) is 3.24. The quantitative estimate of drug-likeness (QED) is 0.780. The molecule has 2 fully saturated rings. The molecule has 0 saturated carbocycles. The highest BCUT2D eigenvalue weighted by Gasteiger charge is 2.31. The van der Waals surface area contributed by atoms with E-state index in [-0.39, 0.29) is 11.8 Å². The molecular formula is C23H38N4O. The molecule has 0 atom stereocenters. The topological polar surface area (TPSA) is 48.5 Å². The van der Waals surface area contributed by atoms with Gasteiger partial charge in [0.1, 0.15) is 0 Å². The molecule has 0 aromatic carbocycles. The zero-order chi connectivity index (χ0) is 19.9. The van der Waals surface area contributed by atoms with Crippen molar-refractivity contribution in [2.24, 2.45) is 5.92 Å². The number of aryl methyl sites for hydroxylation is 1. The molecule has 0 spiro atoms. The average Bonchev–Trinajstić information content (AvgIpc) is 2.72. The van der Waals surface area contributed by atoms with Crippen LogP contribution in [0.25, 0.3) is 0 Å². The molecule has 3 heterocycles. The van der Waals surface area contributed by atoms with Crippen molar-refractivity contribution >= 4 is 5.91 Å². The fourth-order valence-electron chi connectivity index (χ4n) is 4.70. The molecule has 0 aliphatic carbocycles. The van der Waals surface area contributed by atoms with Crippen LogP contribution < -0.4 is 5.32 Å². The van der Waals surface area contributed by atoms with E-state index in [1.807, 2.05) is 0 Å². The minimum Gasteiger partial charge on any atom is -0.353 e. The predicted molar refractivity (Wildman–Crippen MR) is 114 cm³/mol. The third kappa shape index (κ3) is 5.77. The summed E-state index contributed by atoms with van der Waals surface area (Å²) in [7, 11) is 0. The van der Waals surface area contributed by atoms with E-state index in [0.29, 0.717) is 12.1 Å². The van der Waals surface area contributed by atoms with Crippen molar-refractivity contribution in [1.29, 1.82) is 0 Å². The Labute approximate surface area is 170 Å². The first kappa shape index (κ1) is 21.3. The van der Waals surface area contributed by atoms with Crippen molar-refractivity contribution in [2.75, 3.05) is 26.2 Å². The van der Waals surface area contributed by atoms with E-state index in [0.717, 1.165) is 64.1 Å². The normalized spacial score (nSPS) is 20.6. The first-order valence-electron chi connectivity index (χ1n) is 11.3. The van der Waals surface area contributed by atoms with Gasteiger partial charge in [-0.1, -0.05) is 19.9 Å². The van der Waals surface area contributed by atoms with Crippen LogP contribution in [0.1, 0.15) is 63.8 Å². The standard InChI is InChI=1S/C23H38N4O/c1-4-20(5-2)25-23(28)19-9-15-27(16-10-19)22-11-13-26(14-12-22)17-21-8-6-7-18(3)24-21/h6-8,19-20,22H,4-5,9-17H2,1-3H3,(H,25,28). The number of hydrogen-bond donors (Lipinski definition) is 1. The number of nitrogens with one attached hydrogen (secondary N) is 1. The lowest BCUT2D eigenvalue weighted by Crippen LogP contribution is -2.49. The fourth-order valence-corrected chi connectivity index (χ4v) is 4.70. The minimum absolute atomic E-state index is 0.212. The number of amides is 1. The van der Waals surface area contributed by atoms with Gasteiger partial charge in [-0.25, -0.2) is 0 Å². The maximum absolute atomic E-state index is 12.5. The summed E-state index contributed by atoms with van der Waals surface area (Å²) in [4.78, 5) is 22.3. The van der Waals surface area contributed by atoms with Crippen molar-refractivity contribution in [3.8, 4) is 0 Å². The van der Waals surface area contributed by atoms with E-state index in [9.17, 15) is 4.79 Å². The SMILES string of the molecule is CCC(CC)NC(=O)C1CCN(C2CCN(Cc3cccc(C)n3)CC2)CC1. The molecule has 5 heteroatoms. The summed E-state index contributed by atoms with van der Waals surface area (Å²) in [6.07, 6.45) is 6.54. The molecule has 0 unspecified atom stereocenters. The monoisotopic (exact) mass is 386 g/mol. The molecule has 1 N–H and O–H groups in total. The highest BCUT2D eigenvalue weighted by atomic mass is 16.1. The van der Waals surface area contributed by atoms with Crippen molar-refractivity contribution in [2.45, 2.75) is 77.9 Å². The highest BCUT2D eigenvalue weighted by Crippen LogP contribution is 2.25. The van der Waals surface area contributed by atoms with Crippen LogP contribution >= 0.6 is 0 Å². The van der Waals surface area contributed by atoms with E-state index >= 15 is 0 Å². The van der Waals surface area contributed by atoms with Gasteiger partial charge in [0.2, 0.25) is 5.91 Å². The second-order valence-electron chi connectivity index (χ2n) is 8.61. The molecule has 2 saturated heterocycles. The van der Waals surface area contributed by atoms with Crippen LogP contribution in [-0.4, -0.2) is 59.0 Å². The van der Waals surface area contributed by atoms with E-state index in [1.165, 1.54) is 18.5 Å². The lowest BCUT2D eigenvalue weighted by atomic mass is 9.92. The molecule has 0 radical (unpaired) electrons. The number of hydrogen-bond acceptors (Lipinski definition) is 4. The number of carbonyl (C=O) groups is 1. The van der Waals surface area contributed by atoms with Gasteiger partial charge in [0.25, 0.3) is 0 Å². The number of aromatic nitrogens is 1. The van der Waals surface area contributed by atoms with E-state index in [1.54, 1.807) is 0 Å². The Morgan fingerprint density at radius 1 is 1.11 bits per heavy atom. The first-order chi connectivity index (χ1) is 13.6. The molecule has 28 heavy (non-hydrogen) atoms. The van der Waals surface area contributed by atoms with Crippen LogP contribution in [-0.2, 0) is 11.3 Å². The van der Waals surface area contributed by atoms with Crippen LogP contribution in [0.2, 0.25) is 0 Å². The molecule has 2 aliphatic rings. The van der Waals surface area contributed by atoms with E-state index in [2.05, 4.69) is 59.1 Å². The van der Waals surface area contributed by atoms with E-state index in [4.69, 9.17) is 0 Å². The summed E-state index contributed by atoms with van der Waals surface area (Å²) in [5.74, 6) is 0.498. The first-order valence-corrected chi connectivity index (χ1v) is 11.3. The molecule has 1 aromatic heterocycles. The Kier molecular flexibility index (Phi) is 7.86. The van der Waals surface area contributed by atoms with Gasteiger partial charge in [-0.2, -0.15) is 0 Å². The van der Waals surface area contributed by atoms with Gasteiger partial charge in [0.15, 0.2) is 0 Å². The highest BCUT2D eigenvalue weighted by molar-refractivity contribution is 5.79. The molecule has 1 aromatic rings. The zero-order valence-corrected chi connectivity index (χ0v) is 18.0. The van der Waals surface area contributed by atoms with Gasteiger partial charge < -0.3 is 10.2 Å². The van der Waals surface area contributed by atoms with Gasteiger partial charge in [-0.05, 0) is 70.7 Å². The Morgan fingerprint density at radius 2 is 1.79 bits per heavy atom. The van der Waals surface area contributed by atoms with Crippen LogP contribution in [0.15, 0.2) is 18.2 Å². The number of piperidine rings is 2. The number of pyridine rings is 1. The van der Waals surface area contributed by atoms with Gasteiger partial charge >= 0.3 is 0 Å². The van der Waals surface area contributed by atoms with Crippen LogP contribution in [0.3, 0.4) is 0 Å². The molecule has 0 bridgehead atoms. The maximum atomic E-state index is 12.5. The Hall–Kier alpha value is -1.46. The summed E-state index contributed by atoms with van der Waals surface area (Å²) >= 11 is 0. The van der Waals surface area contributed by atoms with Crippen LogP contribution in [0.5, 0.6) is 0 Å². The van der Waals surface area contributed by atoms with Crippen molar-refractivity contribution in [1.82, 2.24) is 20.1 Å². The molecule has 2 aliphatic heterocycles. The van der Waals surface area contributed by atoms with Gasteiger partial charge in [0.05, 0.1) is 5.69 Å². The third-order valence-electron chi connectivity index (χ3n) is 6.64. The summed E-state index contributed by atoms with van der Waals surface area (Å²) in [6.45, 7) is 11.8. The van der Waals surface area contributed by atoms with Crippen LogP contribution in [0.4, 0.5) is 0 Å². The summed E-state index contributed by atoms with van der Waals surface area (Å²) in [5.41, 5.74) is 2.28. The van der Waals surface area contributed by atoms with Gasteiger partial charge in [-0.15, -0.1) is 0 Å². The molecule has 156 valence electrons. The molecular weight excluding hydrogens is 348 g/mol. The van der Waals surface area contributed by atoms with Crippen molar-refractivity contribution < 1.29 is 4.79 Å². The third-order valence-corrected chi connectivity index (χ3v) is 6.64. The lowest BCUT2D eigenvalue weighted by molar-refractivity contribution is -0.127. The predicted octanol–water partition coefficient (Wildman–Crippen LogP) is 3.37. The Morgan fingerprint density at radius 3 is 2.39 bits per heavy atom. The Balaban J connectivity index is 1.39. The largest absolute Gasteiger partial charge is 0.353 e. The number of nitrogens with zero attached hydrogens (tertiary/aromatic N) is 3. The van der Waals surface area contributed by atoms with Gasteiger partial charge in [0, 0.05) is 43.3 Å². The summed E-state index contributed by atoms with van der Waals surface area (Å²) < 4.78 is 0. The van der Waals surface area contributed by atoms with E-state index < -0.39 is 0 Å². The fraction of sp³-hybridized carbons (Fsp3) is 0.739. The maximum Gasteiger partial charge on any atom is 0.223 e. The number of rotatable bonds is 7. The smallest absolute Gasteiger partial charge is 0.223 e. The summed E-state index contributed by atoms with van der Waals surface area (Å²) in [6, 6.07) is 7.33. The van der Waals surface area contributed by atoms with Crippen LogP contribution in [0, 0.1) is 12.8 Å². The van der Waals surface area contributed by atoms with Gasteiger partial charge in [-0.3, -0.25) is 14.7 Å². The molecule has 1 amide bonds. The Bertz CT molecular complexity index is 615.